The first-order valence-electron chi connectivity index (χ1n) is 23.5. The van der Waals surface area contributed by atoms with Gasteiger partial charge in [-0.25, -0.2) is 17.9 Å². The fourth-order valence-corrected chi connectivity index (χ4v) is 11.8. The molecule has 0 radical (unpaired) electrons. The van der Waals surface area contributed by atoms with Gasteiger partial charge >= 0.3 is 12.1 Å². The number of aliphatic imine (C=N–C) groups is 1. The number of ether oxygens (including phenoxy) is 3. The van der Waals surface area contributed by atoms with Gasteiger partial charge in [-0.05, 0) is 120 Å². The summed E-state index contributed by atoms with van der Waals surface area (Å²) in [6.07, 6.45) is 0.174. The van der Waals surface area contributed by atoms with Crippen molar-refractivity contribution < 1.29 is 51.7 Å². The molecule has 19 heteroatoms. The minimum Gasteiger partial charge on any atom is -0.487 e. The highest BCUT2D eigenvalue weighted by atomic mass is 32.2. The summed E-state index contributed by atoms with van der Waals surface area (Å²) in [7, 11) is -4.19. The normalized spacial score (nSPS) is 20.1. The second kappa shape index (κ2) is 20.0. The highest BCUT2D eigenvalue weighted by Gasteiger charge is 2.47. The molecule has 6 N–H and O–H groups in total. The Morgan fingerprint density at radius 3 is 2.25 bits per heavy atom. The molecule has 69 heavy (non-hydrogen) atoms. The van der Waals surface area contributed by atoms with Crippen molar-refractivity contribution in [2.24, 2.45) is 10.7 Å². The second-order valence-corrected chi connectivity index (χ2v) is 21.6. The van der Waals surface area contributed by atoms with Crippen LogP contribution in [0.15, 0.2) is 58.4 Å². The van der Waals surface area contributed by atoms with Gasteiger partial charge in [0.15, 0.2) is 0 Å². The topological polar surface area (TPSA) is 248 Å². The Morgan fingerprint density at radius 2 is 1.61 bits per heavy atom. The summed E-state index contributed by atoms with van der Waals surface area (Å²) in [5.41, 5.74) is 11.8. The lowest BCUT2D eigenvalue weighted by Crippen LogP contribution is -2.56. The number of hydrogen-bond donors (Lipinski definition) is 5. The van der Waals surface area contributed by atoms with Crippen molar-refractivity contribution in [2.45, 2.75) is 140 Å². The van der Waals surface area contributed by atoms with Crippen LogP contribution in [-0.4, -0.2) is 127 Å². The lowest BCUT2D eigenvalue weighted by atomic mass is 9.94. The Kier molecular flexibility index (Phi) is 14.7. The molecule has 0 saturated carbocycles. The van der Waals surface area contributed by atoms with Crippen LogP contribution in [0, 0.1) is 20.8 Å². The fraction of sp³-hybridized carbons (Fsp3) is 0.520. The maximum absolute atomic E-state index is 14.7. The van der Waals surface area contributed by atoms with Crippen LogP contribution in [0.4, 0.5) is 4.79 Å². The molecule has 2 saturated heterocycles. The summed E-state index contributed by atoms with van der Waals surface area (Å²) < 4.78 is 48.3. The van der Waals surface area contributed by atoms with E-state index in [-0.39, 0.29) is 68.7 Å². The van der Waals surface area contributed by atoms with Gasteiger partial charge in [-0.3, -0.25) is 24.2 Å². The summed E-state index contributed by atoms with van der Waals surface area (Å²) in [6.45, 7) is 14.3. The van der Waals surface area contributed by atoms with Crippen molar-refractivity contribution in [3.8, 4) is 16.9 Å². The number of carbonyl (C=O) groups excluding carboxylic acids is 4. The molecule has 0 spiro atoms. The molecule has 4 atom stereocenters. The molecule has 3 aromatic carbocycles. The number of likely N-dealkylation sites (tertiary alicyclic amines) is 2. The Labute approximate surface area is 403 Å². The number of carboxylic acid groups (broad SMARTS) is 1. The number of hydrogen-bond acceptors (Lipinski definition) is 11. The molecule has 372 valence electrons. The highest BCUT2D eigenvalue weighted by molar-refractivity contribution is 7.90. The van der Waals surface area contributed by atoms with Crippen molar-refractivity contribution in [2.75, 3.05) is 32.8 Å². The van der Waals surface area contributed by atoms with Gasteiger partial charge in [0.05, 0.1) is 16.6 Å². The maximum atomic E-state index is 14.7. The Morgan fingerprint density at radius 1 is 0.957 bits per heavy atom. The van der Waals surface area contributed by atoms with Crippen molar-refractivity contribution in [1.29, 1.82) is 0 Å². The van der Waals surface area contributed by atoms with Gasteiger partial charge in [0.25, 0.3) is 10.0 Å². The fourth-order valence-electron chi connectivity index (χ4n) is 10.2. The van der Waals surface area contributed by atoms with Crippen molar-refractivity contribution >= 4 is 45.8 Å². The largest absolute Gasteiger partial charge is 0.487 e. The zero-order valence-electron chi connectivity index (χ0n) is 40.6. The summed E-state index contributed by atoms with van der Waals surface area (Å²) in [6, 6.07) is 12.5. The minimum absolute atomic E-state index is 0.00736. The molecular formula is C50H65N7O11S. The number of aliphatic carboxylic acids is 1. The zero-order chi connectivity index (χ0) is 50.2. The van der Waals surface area contributed by atoms with E-state index in [0.717, 1.165) is 33.4 Å². The molecule has 0 aromatic heterocycles. The predicted molar refractivity (Wildman–Crippen MR) is 257 cm³/mol. The van der Waals surface area contributed by atoms with E-state index in [1.54, 1.807) is 13.8 Å². The van der Waals surface area contributed by atoms with E-state index < -0.39 is 81.8 Å². The minimum atomic E-state index is -4.19. The van der Waals surface area contributed by atoms with Crippen molar-refractivity contribution in [3.63, 3.8) is 0 Å². The summed E-state index contributed by atoms with van der Waals surface area (Å²) in [5.74, 6) is -2.87. The molecule has 4 aliphatic rings. The monoisotopic (exact) mass is 971 g/mol. The van der Waals surface area contributed by atoms with Crippen LogP contribution >= 0.6 is 0 Å². The molecule has 0 unspecified atom stereocenters. The number of alkyl carbamates (subject to hydrolysis) is 1. The summed E-state index contributed by atoms with van der Waals surface area (Å²) in [4.78, 5) is 74.8. The SMILES string of the molecule is Cc1c(C)c(S(=O)(=O)NC(N)=NCCC[C@H](NC(=O)OCC2c3ccccc3-c3ccccc32)C(=O)N2CCC[C@H]2C(=O)N2C[C@H](OC(C)(C)C)C[C@H]2C(=O)NCC(=O)O)c(C)c2c1OC(C)(C)C2. The van der Waals surface area contributed by atoms with Crippen LogP contribution in [0.25, 0.3) is 11.1 Å². The number of sulfonamides is 1. The van der Waals surface area contributed by atoms with Gasteiger partial charge in [-0.2, -0.15) is 0 Å². The number of nitrogens with one attached hydrogen (secondary N) is 3. The highest BCUT2D eigenvalue weighted by Crippen LogP contribution is 2.45. The van der Waals surface area contributed by atoms with Gasteiger partial charge in [-0.15, -0.1) is 0 Å². The number of nitrogens with zero attached hydrogens (tertiary/aromatic N) is 3. The maximum Gasteiger partial charge on any atom is 0.407 e. The van der Waals surface area contributed by atoms with E-state index >= 15 is 0 Å². The molecule has 4 amide bonds. The molecule has 3 aromatic rings. The lowest BCUT2D eigenvalue weighted by molar-refractivity contribution is -0.148. The van der Waals surface area contributed by atoms with Crippen LogP contribution < -0.4 is 25.8 Å². The van der Waals surface area contributed by atoms with Crippen LogP contribution in [0.1, 0.15) is 106 Å². The standard InChI is InChI=1S/C50H65N7O11S/c1-28-29(2)43(30(3)36-24-50(7,8)68-42(28)36)69(64,65)55-47(51)52-21-13-19-38(54-48(63)66-27-37-34-17-11-9-15-32(34)33-16-10-12-18-35(33)37)45(61)56-22-14-20-39(56)46(62)57-26-31(67-49(4,5)6)23-40(57)44(60)53-25-41(58)59/h9-12,15-18,31,37-40H,13-14,19-27H2,1-8H3,(H,53,60)(H,54,63)(H,58,59)(H3,51,52,55)/t31-,38+,39+,40+/m1/s1. The second-order valence-electron chi connectivity index (χ2n) is 20.0. The lowest BCUT2D eigenvalue weighted by Gasteiger charge is -2.33. The first kappa shape index (κ1) is 50.7. The Bertz CT molecular complexity index is 2620. The third-order valence-corrected chi connectivity index (χ3v) is 14.9. The van der Waals surface area contributed by atoms with Gasteiger partial charge in [0, 0.05) is 44.0 Å². The first-order chi connectivity index (χ1) is 32.5. The number of amides is 4. The number of nitrogens with two attached hydrogens (primary N) is 1. The summed E-state index contributed by atoms with van der Waals surface area (Å²) >= 11 is 0. The third kappa shape index (κ3) is 11.1. The number of guanidine groups is 1. The van der Waals surface area contributed by atoms with Crippen LogP contribution in [0.3, 0.4) is 0 Å². The van der Waals surface area contributed by atoms with Crippen molar-refractivity contribution in [3.05, 3.63) is 81.9 Å². The average Bonchev–Trinajstić information content (AvgIpc) is 4.07. The van der Waals surface area contributed by atoms with E-state index in [2.05, 4.69) is 20.3 Å². The number of carbonyl (C=O) groups is 5. The van der Waals surface area contributed by atoms with E-state index in [1.165, 1.54) is 9.80 Å². The van der Waals surface area contributed by atoms with E-state index in [4.69, 9.17) is 19.9 Å². The molecule has 0 bridgehead atoms. The third-order valence-electron chi connectivity index (χ3n) is 13.3. The number of carboxylic acids is 1. The quantitative estimate of drug-likeness (QED) is 0.0798. The molecule has 3 heterocycles. The van der Waals surface area contributed by atoms with Crippen LogP contribution in [0.5, 0.6) is 5.75 Å². The zero-order valence-corrected chi connectivity index (χ0v) is 41.5. The van der Waals surface area contributed by atoms with Gasteiger partial charge in [-0.1, -0.05) is 48.5 Å². The average molecular weight is 972 g/mol. The Hall–Kier alpha value is -6.21. The van der Waals surface area contributed by atoms with E-state index in [0.29, 0.717) is 29.7 Å². The molecular weight excluding hydrogens is 907 g/mol. The Balaban J connectivity index is 1.08. The smallest absolute Gasteiger partial charge is 0.407 e. The molecule has 7 rings (SSSR count). The van der Waals surface area contributed by atoms with Gasteiger partial charge < -0.3 is 45.5 Å². The number of rotatable bonds is 15. The van der Waals surface area contributed by atoms with Gasteiger partial charge in [0.2, 0.25) is 23.7 Å². The van der Waals surface area contributed by atoms with Crippen molar-refractivity contribution in [1.82, 2.24) is 25.2 Å². The number of fused-ring (bicyclic) bond motifs is 4. The first-order valence-corrected chi connectivity index (χ1v) is 25.0. The molecule has 1 aliphatic carbocycles. The predicted octanol–water partition coefficient (Wildman–Crippen LogP) is 4.58. The molecule has 2 fully saturated rings. The molecule has 3 aliphatic heterocycles. The van der Waals surface area contributed by atoms with E-state index in [9.17, 15) is 37.5 Å². The van der Waals surface area contributed by atoms with Crippen LogP contribution in [-0.2, 0) is 45.1 Å². The van der Waals surface area contributed by atoms with Gasteiger partial charge in [0.1, 0.15) is 42.6 Å². The molecule has 18 nitrogen and oxygen atoms in total. The van der Waals surface area contributed by atoms with E-state index in [1.807, 2.05) is 90.1 Å². The summed E-state index contributed by atoms with van der Waals surface area (Å²) in [5, 5.41) is 14.4. The van der Waals surface area contributed by atoms with Crippen LogP contribution in [0.2, 0.25) is 0 Å². The number of benzene rings is 3.